The van der Waals surface area contributed by atoms with Crippen molar-refractivity contribution in [3.05, 3.63) is 24.5 Å². The third kappa shape index (κ3) is 3.18. The van der Waals surface area contributed by atoms with E-state index < -0.39 is 5.60 Å². The SMILES string of the molecule is C[C@@]1(O)CC[C@H]2[C@H](CC[C@@H]3[C@@H]2CC[C@]2(C)[C@@H](CNc4cccnc4)CC[C@@H]32)C1. The Bertz CT molecular complexity index is 689. The second-order valence-corrected chi connectivity index (χ2v) is 11.1. The standard InChI is InChI=1S/C25H38N2O/c1-24(28)11-9-20-17(14-24)5-7-22-21(20)10-12-25(2)18(6-8-23(22)25)15-27-19-4-3-13-26-16-19/h3-4,13,16-18,20-23,27-28H,5-12,14-15H2,1-2H3/t17-,18-,20+,21-,22-,23+,24-,25-/m1/s1. The molecule has 5 rings (SSSR count). The van der Waals surface area contributed by atoms with Crippen molar-refractivity contribution >= 4 is 5.69 Å². The highest BCUT2D eigenvalue weighted by Crippen LogP contribution is 2.64. The maximum absolute atomic E-state index is 10.6. The third-order valence-corrected chi connectivity index (χ3v) is 9.65. The van der Waals surface area contributed by atoms with E-state index in [2.05, 4.69) is 30.2 Å². The summed E-state index contributed by atoms with van der Waals surface area (Å²) in [6.07, 6.45) is 15.6. The fraction of sp³-hybridized carbons (Fsp3) is 0.800. The van der Waals surface area contributed by atoms with Crippen molar-refractivity contribution in [1.29, 1.82) is 0 Å². The number of aliphatic hydroxyl groups is 1. The van der Waals surface area contributed by atoms with Crippen LogP contribution in [0.25, 0.3) is 0 Å². The van der Waals surface area contributed by atoms with E-state index >= 15 is 0 Å². The molecule has 0 unspecified atom stereocenters. The lowest BCUT2D eigenvalue weighted by Gasteiger charge is -2.57. The number of nitrogens with one attached hydrogen (secondary N) is 1. The minimum absolute atomic E-state index is 0.395. The topological polar surface area (TPSA) is 45.1 Å². The van der Waals surface area contributed by atoms with Gasteiger partial charge < -0.3 is 10.4 Å². The molecule has 0 aliphatic heterocycles. The van der Waals surface area contributed by atoms with Crippen LogP contribution in [0.1, 0.15) is 71.6 Å². The molecule has 4 saturated carbocycles. The fourth-order valence-electron chi connectivity index (χ4n) is 8.23. The van der Waals surface area contributed by atoms with Gasteiger partial charge in [-0.15, -0.1) is 0 Å². The van der Waals surface area contributed by atoms with Gasteiger partial charge in [0.25, 0.3) is 0 Å². The Labute approximate surface area is 170 Å². The number of rotatable bonds is 3. The van der Waals surface area contributed by atoms with Gasteiger partial charge in [0.1, 0.15) is 0 Å². The average molecular weight is 383 g/mol. The zero-order valence-corrected chi connectivity index (χ0v) is 17.7. The first-order chi connectivity index (χ1) is 13.5. The van der Waals surface area contributed by atoms with Crippen molar-refractivity contribution in [3.8, 4) is 0 Å². The molecular formula is C25H38N2O. The van der Waals surface area contributed by atoms with Crippen molar-refractivity contribution in [1.82, 2.24) is 4.98 Å². The molecule has 0 aromatic carbocycles. The zero-order chi connectivity index (χ0) is 19.4. The van der Waals surface area contributed by atoms with E-state index in [1.807, 2.05) is 18.5 Å². The molecule has 0 bridgehead atoms. The molecule has 4 aliphatic carbocycles. The Hall–Kier alpha value is -1.09. The average Bonchev–Trinajstić information content (AvgIpc) is 3.02. The Morgan fingerprint density at radius 3 is 2.71 bits per heavy atom. The molecule has 0 amide bonds. The summed E-state index contributed by atoms with van der Waals surface area (Å²) in [4.78, 5) is 4.25. The first-order valence-electron chi connectivity index (χ1n) is 11.8. The van der Waals surface area contributed by atoms with Crippen LogP contribution in [0.15, 0.2) is 24.5 Å². The summed E-state index contributed by atoms with van der Waals surface area (Å²) < 4.78 is 0. The van der Waals surface area contributed by atoms with Gasteiger partial charge in [-0.05, 0) is 118 Å². The van der Waals surface area contributed by atoms with Crippen molar-refractivity contribution in [3.63, 3.8) is 0 Å². The minimum atomic E-state index is -0.395. The van der Waals surface area contributed by atoms with Gasteiger partial charge in [0, 0.05) is 18.9 Å². The Morgan fingerprint density at radius 1 is 1.04 bits per heavy atom. The molecule has 1 aromatic heterocycles. The first-order valence-corrected chi connectivity index (χ1v) is 11.8. The first kappa shape index (κ1) is 18.9. The minimum Gasteiger partial charge on any atom is -0.390 e. The van der Waals surface area contributed by atoms with Crippen molar-refractivity contribution in [2.24, 2.45) is 40.9 Å². The molecule has 4 fully saturated rings. The van der Waals surface area contributed by atoms with Gasteiger partial charge in [0.2, 0.25) is 0 Å². The maximum Gasteiger partial charge on any atom is 0.0622 e. The lowest BCUT2D eigenvalue weighted by atomic mass is 9.49. The summed E-state index contributed by atoms with van der Waals surface area (Å²) in [6.45, 7) is 5.79. The summed E-state index contributed by atoms with van der Waals surface area (Å²) in [7, 11) is 0. The van der Waals surface area contributed by atoms with Crippen molar-refractivity contribution in [2.75, 3.05) is 11.9 Å². The molecule has 0 radical (unpaired) electrons. The van der Waals surface area contributed by atoms with Gasteiger partial charge in [-0.1, -0.05) is 6.92 Å². The molecule has 1 heterocycles. The number of anilines is 1. The Balaban J connectivity index is 1.28. The van der Waals surface area contributed by atoms with Crippen LogP contribution in [0, 0.1) is 40.9 Å². The number of aromatic nitrogens is 1. The number of nitrogens with zero attached hydrogens (tertiary/aromatic N) is 1. The molecular weight excluding hydrogens is 344 g/mol. The lowest BCUT2D eigenvalue weighted by molar-refractivity contribution is -0.0988. The van der Waals surface area contributed by atoms with Gasteiger partial charge >= 0.3 is 0 Å². The number of hydrogen-bond donors (Lipinski definition) is 2. The monoisotopic (exact) mass is 382 g/mol. The van der Waals surface area contributed by atoms with Crippen LogP contribution in [-0.4, -0.2) is 22.2 Å². The molecule has 28 heavy (non-hydrogen) atoms. The summed E-state index contributed by atoms with van der Waals surface area (Å²) in [5.74, 6) is 5.30. The largest absolute Gasteiger partial charge is 0.390 e. The molecule has 8 atom stereocenters. The molecule has 1 aromatic rings. The van der Waals surface area contributed by atoms with Crippen LogP contribution in [0.2, 0.25) is 0 Å². The van der Waals surface area contributed by atoms with E-state index in [0.717, 1.165) is 60.6 Å². The summed E-state index contributed by atoms with van der Waals surface area (Å²) >= 11 is 0. The van der Waals surface area contributed by atoms with Crippen LogP contribution in [0.4, 0.5) is 5.69 Å². The number of fused-ring (bicyclic) bond motifs is 5. The van der Waals surface area contributed by atoms with E-state index in [-0.39, 0.29) is 0 Å². The van der Waals surface area contributed by atoms with Crippen LogP contribution in [0.3, 0.4) is 0 Å². The predicted molar refractivity (Wildman–Crippen MR) is 114 cm³/mol. The highest BCUT2D eigenvalue weighted by molar-refractivity contribution is 5.39. The fourth-order valence-corrected chi connectivity index (χ4v) is 8.23. The smallest absolute Gasteiger partial charge is 0.0622 e. The van der Waals surface area contributed by atoms with Gasteiger partial charge in [-0.2, -0.15) is 0 Å². The van der Waals surface area contributed by atoms with Crippen LogP contribution < -0.4 is 5.32 Å². The summed E-state index contributed by atoms with van der Waals surface area (Å²) in [6, 6.07) is 4.16. The molecule has 4 aliphatic rings. The highest BCUT2D eigenvalue weighted by Gasteiger charge is 2.57. The molecule has 0 saturated heterocycles. The molecule has 0 spiro atoms. The van der Waals surface area contributed by atoms with Gasteiger partial charge in [-0.25, -0.2) is 0 Å². The quantitative estimate of drug-likeness (QED) is 0.724. The van der Waals surface area contributed by atoms with E-state index in [0.29, 0.717) is 5.41 Å². The highest BCUT2D eigenvalue weighted by atomic mass is 16.3. The van der Waals surface area contributed by atoms with E-state index in [1.54, 1.807) is 0 Å². The third-order valence-electron chi connectivity index (χ3n) is 9.65. The second kappa shape index (κ2) is 7.00. The Morgan fingerprint density at radius 2 is 1.89 bits per heavy atom. The zero-order valence-electron chi connectivity index (χ0n) is 17.7. The van der Waals surface area contributed by atoms with E-state index in [9.17, 15) is 5.11 Å². The molecule has 3 nitrogen and oxygen atoms in total. The van der Waals surface area contributed by atoms with Crippen LogP contribution >= 0.6 is 0 Å². The van der Waals surface area contributed by atoms with E-state index in [4.69, 9.17) is 0 Å². The number of hydrogen-bond acceptors (Lipinski definition) is 3. The van der Waals surface area contributed by atoms with E-state index in [1.165, 1.54) is 44.9 Å². The summed E-state index contributed by atoms with van der Waals surface area (Å²) in [5, 5.41) is 14.3. The summed E-state index contributed by atoms with van der Waals surface area (Å²) in [5.41, 5.74) is 1.29. The second-order valence-electron chi connectivity index (χ2n) is 11.1. The van der Waals surface area contributed by atoms with Gasteiger partial charge in [0.15, 0.2) is 0 Å². The molecule has 2 N–H and O–H groups in total. The molecule has 154 valence electrons. The maximum atomic E-state index is 10.6. The Kier molecular flexibility index (Phi) is 4.73. The van der Waals surface area contributed by atoms with Crippen LogP contribution in [0.5, 0.6) is 0 Å². The predicted octanol–water partition coefficient (Wildman–Crippen LogP) is 5.51. The van der Waals surface area contributed by atoms with Crippen LogP contribution in [-0.2, 0) is 0 Å². The normalized spacial score (nSPS) is 47.7. The van der Waals surface area contributed by atoms with Gasteiger partial charge in [0.05, 0.1) is 11.3 Å². The molecule has 3 heteroatoms. The van der Waals surface area contributed by atoms with Crippen molar-refractivity contribution < 1.29 is 5.11 Å². The number of pyridine rings is 1. The van der Waals surface area contributed by atoms with Gasteiger partial charge in [-0.3, -0.25) is 4.98 Å². The van der Waals surface area contributed by atoms with Crippen molar-refractivity contribution in [2.45, 2.75) is 77.2 Å². The lowest BCUT2D eigenvalue weighted by Crippen LogP contribution is -2.50.